The van der Waals surface area contributed by atoms with Crippen LogP contribution in [0.2, 0.25) is 0 Å². The highest BCUT2D eigenvalue weighted by molar-refractivity contribution is 7.99. The van der Waals surface area contributed by atoms with Crippen molar-refractivity contribution in [2.75, 3.05) is 11.1 Å². The second kappa shape index (κ2) is 7.96. The van der Waals surface area contributed by atoms with Crippen molar-refractivity contribution in [2.45, 2.75) is 5.16 Å². The minimum Gasteiger partial charge on any atom is -0.323 e. The van der Waals surface area contributed by atoms with Gasteiger partial charge in [-0.25, -0.2) is 4.39 Å². The van der Waals surface area contributed by atoms with Gasteiger partial charge in [0.15, 0.2) is 11.0 Å². The summed E-state index contributed by atoms with van der Waals surface area (Å²) in [6.07, 6.45) is 0. The highest BCUT2D eigenvalue weighted by Crippen LogP contribution is 2.25. The summed E-state index contributed by atoms with van der Waals surface area (Å²) in [5.74, 6) is -0.446. The summed E-state index contributed by atoms with van der Waals surface area (Å²) in [7, 11) is 1.70. The molecular formula is C17H14FN5O3S. The number of hydrogen-bond acceptors (Lipinski definition) is 6. The number of carbonyl (C=O) groups is 1. The largest absolute Gasteiger partial charge is 0.323 e. The van der Waals surface area contributed by atoms with E-state index in [-0.39, 0.29) is 23.0 Å². The van der Waals surface area contributed by atoms with E-state index in [2.05, 4.69) is 15.5 Å². The second-order valence-electron chi connectivity index (χ2n) is 5.49. The molecule has 0 unspecified atom stereocenters. The number of amides is 1. The van der Waals surface area contributed by atoms with Crippen molar-refractivity contribution in [1.29, 1.82) is 0 Å². The number of halogens is 1. The third kappa shape index (κ3) is 4.29. The van der Waals surface area contributed by atoms with E-state index in [0.29, 0.717) is 16.5 Å². The van der Waals surface area contributed by atoms with Crippen LogP contribution < -0.4 is 5.32 Å². The zero-order valence-electron chi connectivity index (χ0n) is 14.1. The number of non-ortho nitro benzene ring substituents is 1. The van der Waals surface area contributed by atoms with Crippen LogP contribution >= 0.6 is 11.8 Å². The molecule has 0 bridgehead atoms. The summed E-state index contributed by atoms with van der Waals surface area (Å²) in [5, 5.41) is 21.9. The molecule has 0 radical (unpaired) electrons. The van der Waals surface area contributed by atoms with Crippen LogP contribution in [0, 0.1) is 15.9 Å². The Balaban J connectivity index is 1.69. The van der Waals surface area contributed by atoms with Crippen LogP contribution in [0.25, 0.3) is 11.4 Å². The predicted octanol–water partition coefficient (Wildman–Crippen LogP) is 3.26. The van der Waals surface area contributed by atoms with Crippen LogP contribution in [0.15, 0.2) is 53.7 Å². The molecule has 3 rings (SSSR count). The predicted molar refractivity (Wildman–Crippen MR) is 98.8 cm³/mol. The van der Waals surface area contributed by atoms with Gasteiger partial charge in [0.05, 0.1) is 16.4 Å². The molecule has 0 saturated carbocycles. The molecular weight excluding hydrogens is 373 g/mol. The first-order valence-corrected chi connectivity index (χ1v) is 8.75. The van der Waals surface area contributed by atoms with Crippen LogP contribution in [-0.4, -0.2) is 31.3 Å². The van der Waals surface area contributed by atoms with Crippen molar-refractivity contribution in [3.05, 3.63) is 64.5 Å². The second-order valence-corrected chi connectivity index (χ2v) is 6.43. The van der Waals surface area contributed by atoms with E-state index in [9.17, 15) is 19.3 Å². The smallest absolute Gasteiger partial charge is 0.270 e. The van der Waals surface area contributed by atoms with E-state index in [1.54, 1.807) is 29.8 Å². The topological polar surface area (TPSA) is 103 Å². The lowest BCUT2D eigenvalue weighted by Crippen LogP contribution is -2.15. The van der Waals surface area contributed by atoms with Gasteiger partial charge in [-0.3, -0.25) is 14.9 Å². The van der Waals surface area contributed by atoms with Gasteiger partial charge in [-0.1, -0.05) is 36.0 Å². The van der Waals surface area contributed by atoms with Gasteiger partial charge in [0.1, 0.15) is 5.82 Å². The minimum atomic E-state index is -0.512. The van der Waals surface area contributed by atoms with Crippen molar-refractivity contribution in [1.82, 2.24) is 14.8 Å². The maximum atomic E-state index is 13.6. The number of nitro benzene ring substituents is 1. The van der Waals surface area contributed by atoms with E-state index in [1.165, 1.54) is 30.3 Å². The Kier molecular flexibility index (Phi) is 5.46. The molecule has 0 fully saturated rings. The third-order valence-corrected chi connectivity index (χ3v) is 4.65. The maximum absolute atomic E-state index is 13.6. The lowest BCUT2D eigenvalue weighted by atomic mass is 10.2. The number of hydrogen-bond donors (Lipinski definition) is 1. The van der Waals surface area contributed by atoms with Gasteiger partial charge < -0.3 is 9.88 Å². The number of thioether (sulfide) groups is 1. The summed E-state index contributed by atoms with van der Waals surface area (Å²) in [6, 6.07) is 11.9. The first-order chi connectivity index (χ1) is 13.0. The number of aromatic nitrogens is 3. The van der Waals surface area contributed by atoms with Crippen molar-refractivity contribution in [2.24, 2.45) is 7.05 Å². The molecule has 1 amide bonds. The number of benzene rings is 2. The van der Waals surface area contributed by atoms with Crippen LogP contribution in [0.4, 0.5) is 15.8 Å². The van der Waals surface area contributed by atoms with Gasteiger partial charge in [-0.2, -0.15) is 0 Å². The fraction of sp³-hybridized carbons (Fsp3) is 0.118. The van der Waals surface area contributed by atoms with Gasteiger partial charge in [-0.15, -0.1) is 10.2 Å². The molecule has 0 atom stereocenters. The standard InChI is InChI=1S/C17H14FN5O3S/c1-22-16(11-5-4-6-12(9-11)23(25)26)20-21-17(22)27-10-15(24)19-14-8-3-2-7-13(14)18/h2-9H,10H2,1H3,(H,19,24). The van der Waals surface area contributed by atoms with Crippen LogP contribution in [0.3, 0.4) is 0 Å². The molecule has 0 aliphatic carbocycles. The molecule has 1 aromatic heterocycles. The lowest BCUT2D eigenvalue weighted by molar-refractivity contribution is -0.384. The van der Waals surface area contributed by atoms with E-state index in [0.717, 1.165) is 11.8 Å². The van der Waals surface area contributed by atoms with Gasteiger partial charge in [0.2, 0.25) is 5.91 Å². The quantitative estimate of drug-likeness (QED) is 0.396. The molecule has 1 heterocycles. The minimum absolute atomic E-state index is 0.00917. The van der Waals surface area contributed by atoms with Gasteiger partial charge >= 0.3 is 0 Å². The molecule has 138 valence electrons. The molecule has 3 aromatic rings. The first-order valence-electron chi connectivity index (χ1n) is 7.77. The Morgan fingerprint density at radius 3 is 2.78 bits per heavy atom. The van der Waals surface area contributed by atoms with E-state index in [1.807, 2.05) is 0 Å². The average molecular weight is 387 g/mol. The highest BCUT2D eigenvalue weighted by atomic mass is 32.2. The van der Waals surface area contributed by atoms with Crippen LogP contribution in [-0.2, 0) is 11.8 Å². The third-order valence-electron chi connectivity index (χ3n) is 3.63. The summed E-state index contributed by atoms with van der Waals surface area (Å²) in [6.45, 7) is 0. The van der Waals surface area contributed by atoms with Gasteiger partial charge in [0.25, 0.3) is 5.69 Å². The number of rotatable bonds is 6. The monoisotopic (exact) mass is 387 g/mol. The average Bonchev–Trinajstić information content (AvgIpc) is 3.02. The number of anilines is 1. The van der Waals surface area contributed by atoms with Gasteiger partial charge in [-0.05, 0) is 12.1 Å². The number of nitrogens with zero attached hydrogens (tertiary/aromatic N) is 4. The number of nitrogens with one attached hydrogen (secondary N) is 1. The SMILES string of the molecule is Cn1c(SCC(=O)Nc2ccccc2F)nnc1-c1cccc([N+](=O)[O-])c1. The van der Waals surface area contributed by atoms with E-state index in [4.69, 9.17) is 0 Å². The van der Waals surface area contributed by atoms with E-state index >= 15 is 0 Å². The summed E-state index contributed by atoms with van der Waals surface area (Å²) in [4.78, 5) is 22.4. The number of carbonyl (C=O) groups excluding carboxylic acids is 1. The molecule has 27 heavy (non-hydrogen) atoms. The lowest BCUT2D eigenvalue weighted by Gasteiger charge is -2.06. The van der Waals surface area contributed by atoms with Crippen molar-refractivity contribution < 1.29 is 14.1 Å². The van der Waals surface area contributed by atoms with E-state index < -0.39 is 10.7 Å². The summed E-state index contributed by atoms with van der Waals surface area (Å²) in [5.41, 5.74) is 0.606. The van der Waals surface area contributed by atoms with Crippen LogP contribution in [0.5, 0.6) is 0 Å². The Morgan fingerprint density at radius 1 is 1.26 bits per heavy atom. The maximum Gasteiger partial charge on any atom is 0.270 e. The summed E-state index contributed by atoms with van der Waals surface area (Å²) < 4.78 is 15.2. The van der Waals surface area contributed by atoms with Crippen LogP contribution in [0.1, 0.15) is 0 Å². The molecule has 10 heteroatoms. The molecule has 0 aliphatic heterocycles. The molecule has 0 saturated heterocycles. The zero-order valence-corrected chi connectivity index (χ0v) is 14.9. The zero-order chi connectivity index (χ0) is 19.4. The molecule has 2 aromatic carbocycles. The fourth-order valence-electron chi connectivity index (χ4n) is 2.33. The molecule has 1 N–H and O–H groups in total. The van der Waals surface area contributed by atoms with Gasteiger partial charge in [0, 0.05) is 24.7 Å². The van der Waals surface area contributed by atoms with Crippen molar-refractivity contribution >= 4 is 29.0 Å². The Labute approximate surface area is 157 Å². The number of para-hydroxylation sites is 1. The summed E-state index contributed by atoms with van der Waals surface area (Å²) >= 11 is 1.13. The molecule has 8 nitrogen and oxygen atoms in total. The fourth-order valence-corrected chi connectivity index (χ4v) is 3.04. The first kappa shape index (κ1) is 18.5. The Morgan fingerprint density at radius 2 is 2.04 bits per heavy atom. The van der Waals surface area contributed by atoms with Crippen molar-refractivity contribution in [3.8, 4) is 11.4 Å². The van der Waals surface area contributed by atoms with Crippen molar-refractivity contribution in [3.63, 3.8) is 0 Å². The Hall–Kier alpha value is -3.27. The Bertz CT molecular complexity index is 1010. The number of nitro groups is 1. The molecule has 0 aliphatic rings. The molecule has 0 spiro atoms. The highest BCUT2D eigenvalue weighted by Gasteiger charge is 2.15. The normalized spacial score (nSPS) is 10.6.